The van der Waals surface area contributed by atoms with Gasteiger partial charge in [0.1, 0.15) is 4.88 Å². The van der Waals surface area contributed by atoms with E-state index in [4.69, 9.17) is 4.42 Å². The normalized spacial score (nSPS) is 10.5. The van der Waals surface area contributed by atoms with Gasteiger partial charge in [-0.2, -0.15) is 0 Å². The summed E-state index contributed by atoms with van der Waals surface area (Å²) in [7, 11) is 0. The lowest BCUT2D eigenvalue weighted by molar-refractivity contribution is 0.0960. The molecule has 0 spiro atoms. The van der Waals surface area contributed by atoms with Crippen LogP contribution in [0.15, 0.2) is 53.1 Å². The Morgan fingerprint density at radius 2 is 2.05 bits per heavy atom. The molecule has 21 heavy (non-hydrogen) atoms. The van der Waals surface area contributed by atoms with Crippen molar-refractivity contribution < 1.29 is 9.21 Å². The lowest BCUT2D eigenvalue weighted by Crippen LogP contribution is -2.22. The fraction of sp³-hybridized carbons (Fsp3) is 0.125. The third-order valence-electron chi connectivity index (χ3n) is 2.95. The predicted molar refractivity (Wildman–Crippen MR) is 83.3 cm³/mol. The number of hydrogen-bond donors (Lipinski definition) is 1. The highest BCUT2D eigenvalue weighted by molar-refractivity contribution is 7.17. The number of thiazole rings is 1. The van der Waals surface area contributed by atoms with E-state index in [1.165, 1.54) is 11.3 Å². The Morgan fingerprint density at radius 1 is 1.24 bits per heavy atom. The molecule has 0 aliphatic rings. The van der Waals surface area contributed by atoms with Crippen LogP contribution in [0.4, 0.5) is 0 Å². The second-order valence-electron chi connectivity index (χ2n) is 4.40. The third-order valence-corrected chi connectivity index (χ3v) is 4.02. The second-order valence-corrected chi connectivity index (χ2v) is 5.40. The minimum absolute atomic E-state index is 0.105. The average Bonchev–Trinajstić information content (AvgIpc) is 3.17. The van der Waals surface area contributed by atoms with E-state index in [0.29, 0.717) is 27.9 Å². The van der Waals surface area contributed by atoms with E-state index < -0.39 is 0 Å². The number of nitrogens with one attached hydrogen (secondary N) is 1. The fourth-order valence-electron chi connectivity index (χ4n) is 2.01. The van der Waals surface area contributed by atoms with Gasteiger partial charge in [-0.05, 0) is 19.1 Å². The summed E-state index contributed by atoms with van der Waals surface area (Å²) in [5.41, 5.74) is 1.62. The first-order chi connectivity index (χ1) is 10.3. The van der Waals surface area contributed by atoms with Gasteiger partial charge in [-0.3, -0.25) is 4.79 Å². The van der Waals surface area contributed by atoms with Gasteiger partial charge in [-0.1, -0.05) is 30.3 Å². The number of carbonyl (C=O) groups is 1. The molecule has 2 heterocycles. The summed E-state index contributed by atoms with van der Waals surface area (Å²) < 4.78 is 5.38. The van der Waals surface area contributed by atoms with Gasteiger partial charge in [0.05, 0.1) is 12.0 Å². The molecule has 106 valence electrons. The fourth-order valence-corrected chi connectivity index (χ4v) is 2.98. The molecule has 2 aromatic heterocycles. The molecule has 0 bridgehead atoms. The summed E-state index contributed by atoms with van der Waals surface area (Å²) in [4.78, 5) is 17.4. The molecule has 0 aliphatic heterocycles. The van der Waals surface area contributed by atoms with E-state index in [2.05, 4.69) is 10.3 Å². The number of nitrogens with zero attached hydrogens (tertiary/aromatic N) is 1. The molecule has 1 aromatic carbocycles. The molecule has 0 saturated carbocycles. The van der Waals surface area contributed by atoms with Gasteiger partial charge in [-0.25, -0.2) is 4.98 Å². The minimum Gasteiger partial charge on any atom is -0.462 e. The number of hydrogen-bond acceptors (Lipinski definition) is 4. The van der Waals surface area contributed by atoms with Crippen LogP contribution in [-0.4, -0.2) is 17.4 Å². The number of amides is 1. The molecule has 0 fully saturated rings. The van der Waals surface area contributed by atoms with Crippen LogP contribution in [0.3, 0.4) is 0 Å². The van der Waals surface area contributed by atoms with Crippen LogP contribution in [0.5, 0.6) is 0 Å². The summed E-state index contributed by atoms with van der Waals surface area (Å²) in [6.07, 6.45) is 1.60. The Kier molecular flexibility index (Phi) is 3.83. The number of benzene rings is 1. The number of furan rings is 1. The summed E-state index contributed by atoms with van der Waals surface area (Å²) in [5.74, 6) is 0.569. The topological polar surface area (TPSA) is 55.1 Å². The average molecular weight is 298 g/mol. The molecule has 1 amide bonds. The number of rotatable bonds is 4. The molecule has 3 rings (SSSR count). The monoisotopic (exact) mass is 298 g/mol. The molecule has 0 radical (unpaired) electrons. The lowest BCUT2D eigenvalue weighted by Gasteiger charge is -2.02. The maximum absolute atomic E-state index is 12.3. The second kappa shape index (κ2) is 5.93. The van der Waals surface area contributed by atoms with Crippen LogP contribution < -0.4 is 5.32 Å². The zero-order chi connectivity index (χ0) is 14.7. The quantitative estimate of drug-likeness (QED) is 0.796. The Bertz CT molecular complexity index is 733. The molecule has 0 aliphatic carbocycles. The molecule has 0 atom stereocenters. The number of carbonyl (C=O) groups excluding carboxylic acids is 1. The molecule has 0 saturated heterocycles. The summed E-state index contributed by atoms with van der Waals surface area (Å²) in [5, 5.41) is 3.54. The largest absolute Gasteiger partial charge is 0.462 e. The van der Waals surface area contributed by atoms with E-state index in [0.717, 1.165) is 5.56 Å². The highest BCUT2D eigenvalue weighted by Crippen LogP contribution is 2.33. The van der Waals surface area contributed by atoms with Gasteiger partial charge in [0.2, 0.25) is 0 Å². The van der Waals surface area contributed by atoms with E-state index >= 15 is 0 Å². The van der Waals surface area contributed by atoms with Crippen LogP contribution in [0.1, 0.15) is 16.6 Å². The van der Waals surface area contributed by atoms with Gasteiger partial charge >= 0.3 is 0 Å². The Morgan fingerprint density at radius 3 is 2.71 bits per heavy atom. The first kappa shape index (κ1) is 13.6. The van der Waals surface area contributed by atoms with Crippen LogP contribution in [0.25, 0.3) is 22.0 Å². The number of aromatic nitrogens is 1. The minimum atomic E-state index is -0.105. The van der Waals surface area contributed by atoms with Crippen molar-refractivity contribution >= 4 is 17.2 Å². The zero-order valence-electron chi connectivity index (χ0n) is 11.5. The molecular weight excluding hydrogens is 284 g/mol. The van der Waals surface area contributed by atoms with E-state index in [1.807, 2.05) is 49.4 Å². The lowest BCUT2D eigenvalue weighted by atomic mass is 10.1. The molecular formula is C16H14N2O2S. The van der Waals surface area contributed by atoms with Crippen molar-refractivity contribution in [2.75, 3.05) is 6.54 Å². The van der Waals surface area contributed by atoms with Crippen molar-refractivity contribution in [3.05, 3.63) is 53.6 Å². The smallest absolute Gasteiger partial charge is 0.263 e. The Labute approximate surface area is 126 Å². The first-order valence-electron chi connectivity index (χ1n) is 6.68. The van der Waals surface area contributed by atoms with Crippen molar-refractivity contribution in [2.45, 2.75) is 6.92 Å². The highest BCUT2D eigenvalue weighted by Gasteiger charge is 2.20. The van der Waals surface area contributed by atoms with Crippen LogP contribution in [0.2, 0.25) is 0 Å². The van der Waals surface area contributed by atoms with Gasteiger partial charge in [0, 0.05) is 12.1 Å². The Balaban J connectivity index is 2.10. The molecule has 3 aromatic rings. The van der Waals surface area contributed by atoms with Crippen molar-refractivity contribution in [1.29, 1.82) is 0 Å². The Hall–Kier alpha value is -2.40. The molecule has 4 nitrogen and oxygen atoms in total. The summed E-state index contributed by atoms with van der Waals surface area (Å²) in [6, 6.07) is 13.4. The third kappa shape index (κ3) is 2.73. The standard InChI is InChI=1S/C16H14N2O2S/c1-2-17-15(19)14-13(11-7-4-3-5-8-11)18-16(21-14)12-9-6-10-20-12/h3-10H,2H2,1H3,(H,17,19). The van der Waals surface area contributed by atoms with E-state index in [-0.39, 0.29) is 5.91 Å². The van der Waals surface area contributed by atoms with Gasteiger partial charge < -0.3 is 9.73 Å². The molecule has 1 N–H and O–H groups in total. The van der Waals surface area contributed by atoms with Crippen molar-refractivity contribution in [1.82, 2.24) is 10.3 Å². The first-order valence-corrected chi connectivity index (χ1v) is 7.49. The van der Waals surface area contributed by atoms with Crippen molar-refractivity contribution in [3.63, 3.8) is 0 Å². The predicted octanol–water partition coefficient (Wildman–Crippen LogP) is 3.82. The molecule has 5 heteroatoms. The highest BCUT2D eigenvalue weighted by atomic mass is 32.1. The van der Waals surface area contributed by atoms with Crippen LogP contribution in [-0.2, 0) is 0 Å². The van der Waals surface area contributed by atoms with Crippen molar-refractivity contribution in [2.24, 2.45) is 0 Å². The van der Waals surface area contributed by atoms with Gasteiger partial charge in [-0.15, -0.1) is 11.3 Å². The summed E-state index contributed by atoms with van der Waals surface area (Å²) in [6.45, 7) is 2.48. The van der Waals surface area contributed by atoms with Gasteiger partial charge in [0.15, 0.2) is 10.8 Å². The van der Waals surface area contributed by atoms with Crippen LogP contribution in [0, 0.1) is 0 Å². The SMILES string of the molecule is CCNC(=O)c1sc(-c2ccco2)nc1-c1ccccc1. The summed E-state index contributed by atoms with van der Waals surface area (Å²) >= 11 is 1.34. The maximum Gasteiger partial charge on any atom is 0.263 e. The van der Waals surface area contributed by atoms with E-state index in [9.17, 15) is 4.79 Å². The maximum atomic E-state index is 12.3. The molecule has 0 unspecified atom stereocenters. The van der Waals surface area contributed by atoms with Crippen LogP contribution >= 0.6 is 11.3 Å². The zero-order valence-corrected chi connectivity index (χ0v) is 12.3. The van der Waals surface area contributed by atoms with Gasteiger partial charge in [0.25, 0.3) is 5.91 Å². The van der Waals surface area contributed by atoms with Crippen molar-refractivity contribution in [3.8, 4) is 22.0 Å². The van der Waals surface area contributed by atoms with E-state index in [1.54, 1.807) is 6.26 Å².